The summed E-state index contributed by atoms with van der Waals surface area (Å²) in [4.78, 5) is 10.9. The summed E-state index contributed by atoms with van der Waals surface area (Å²) in [6, 6.07) is 7.47. The van der Waals surface area contributed by atoms with Crippen LogP contribution in [0.25, 0.3) is 0 Å². The Morgan fingerprint density at radius 2 is 1.32 bits per heavy atom. The summed E-state index contributed by atoms with van der Waals surface area (Å²) in [6.45, 7) is 16.3. The Hall–Kier alpha value is -1.90. The number of rotatable bonds is 6. The maximum atomic E-state index is 5.50. The maximum Gasteiger partial charge on any atom is 0.0727 e. The summed E-state index contributed by atoms with van der Waals surface area (Å²) in [5.41, 5.74) is 8.08. The predicted octanol–water partition coefficient (Wildman–Crippen LogP) is 8.53. The molecule has 1 aromatic carbocycles. The van der Waals surface area contributed by atoms with E-state index in [4.69, 9.17) is 9.98 Å². The van der Waals surface area contributed by atoms with Crippen molar-refractivity contribution in [3.05, 3.63) is 41.1 Å². The van der Waals surface area contributed by atoms with Gasteiger partial charge in [0.2, 0.25) is 0 Å². The Bertz CT molecular complexity index is 913. The predicted molar refractivity (Wildman–Crippen MR) is 149 cm³/mol. The van der Waals surface area contributed by atoms with E-state index in [2.05, 4.69) is 78.1 Å². The minimum Gasteiger partial charge on any atom is -0.354 e. The summed E-state index contributed by atoms with van der Waals surface area (Å²) in [5.74, 6) is 2.73. The van der Waals surface area contributed by atoms with Crippen LogP contribution in [0.3, 0.4) is 0 Å². The van der Waals surface area contributed by atoms with Crippen LogP contribution >= 0.6 is 0 Å². The van der Waals surface area contributed by atoms with Crippen LogP contribution in [0, 0.1) is 17.8 Å². The highest BCUT2D eigenvalue weighted by Crippen LogP contribution is 2.36. The highest BCUT2D eigenvalue weighted by Gasteiger charge is 2.32. The molecule has 3 aliphatic rings. The lowest BCUT2D eigenvalue weighted by atomic mass is 9.89. The zero-order valence-electron chi connectivity index (χ0n) is 22.7. The average Bonchev–Trinajstić information content (AvgIpc) is 3.31. The zero-order valence-corrected chi connectivity index (χ0v) is 22.7. The van der Waals surface area contributed by atoms with Gasteiger partial charge in [0.1, 0.15) is 0 Å². The number of para-hydroxylation sites is 1. The Kier molecular flexibility index (Phi) is 8.00. The maximum absolute atomic E-state index is 5.50. The fourth-order valence-electron chi connectivity index (χ4n) is 6.22. The molecule has 0 aromatic heterocycles. The first kappa shape index (κ1) is 25.2. The van der Waals surface area contributed by atoms with Crippen LogP contribution in [-0.2, 0) is 0 Å². The first-order valence-corrected chi connectivity index (χ1v) is 14.0. The lowest BCUT2D eigenvalue weighted by molar-refractivity contribution is 0.386. The third kappa shape index (κ3) is 5.34. The van der Waals surface area contributed by atoms with Crippen LogP contribution in [-0.4, -0.2) is 23.5 Å². The van der Waals surface area contributed by atoms with E-state index in [-0.39, 0.29) is 0 Å². The van der Waals surface area contributed by atoms with Crippen LogP contribution in [0.5, 0.6) is 0 Å². The number of nitrogens with one attached hydrogen (secondary N) is 1. The SMILES string of the molecule is CC1CC=C(Nc2c(C(C)C)cccc2C(C)C)C1=N[C@@H]1CCCC[C@@H]1N=C1C(C)CCC1C. The fourth-order valence-corrected chi connectivity index (χ4v) is 6.22. The van der Waals surface area contributed by atoms with Crippen LogP contribution in [0.1, 0.15) is 116 Å². The standard InChI is InChI=1S/C31H47N3/c1-19(2)24-11-10-12-25(20(3)4)31(24)34-28-18-17-23(7)30(28)33-27-14-9-8-13-26(27)32-29-21(5)15-16-22(29)6/h10-12,18-23,26-27,34H,8-9,13-17H2,1-7H3/t21?,22?,23?,26-,27+/m0/s1. The minimum absolute atomic E-state index is 0.326. The van der Waals surface area contributed by atoms with Gasteiger partial charge < -0.3 is 5.32 Å². The number of hydrogen-bond acceptors (Lipinski definition) is 3. The van der Waals surface area contributed by atoms with Gasteiger partial charge >= 0.3 is 0 Å². The first-order chi connectivity index (χ1) is 16.3. The number of allylic oxidation sites excluding steroid dienone is 2. The number of benzene rings is 1. The van der Waals surface area contributed by atoms with Gasteiger partial charge in [0.25, 0.3) is 0 Å². The van der Waals surface area contributed by atoms with Gasteiger partial charge in [-0.15, -0.1) is 0 Å². The molecular weight excluding hydrogens is 414 g/mol. The molecule has 3 unspecified atom stereocenters. The van der Waals surface area contributed by atoms with Crippen LogP contribution in [0.15, 0.2) is 40.0 Å². The van der Waals surface area contributed by atoms with E-state index in [1.54, 1.807) is 0 Å². The van der Waals surface area contributed by atoms with Crippen molar-refractivity contribution in [3.8, 4) is 0 Å². The summed E-state index contributed by atoms with van der Waals surface area (Å²) in [5, 5.41) is 3.91. The smallest absolute Gasteiger partial charge is 0.0727 e. The molecule has 4 rings (SSSR count). The second-order valence-electron chi connectivity index (χ2n) is 11.9. The molecule has 0 amide bonds. The molecule has 3 nitrogen and oxygen atoms in total. The number of aliphatic imine (C=N–C) groups is 2. The van der Waals surface area contributed by atoms with Gasteiger partial charge in [0, 0.05) is 17.3 Å². The van der Waals surface area contributed by atoms with Crippen LogP contribution in [0.2, 0.25) is 0 Å². The average molecular weight is 462 g/mol. The van der Waals surface area contributed by atoms with Gasteiger partial charge in [0.15, 0.2) is 0 Å². The molecule has 0 heterocycles. The first-order valence-electron chi connectivity index (χ1n) is 14.0. The van der Waals surface area contributed by atoms with Crippen molar-refractivity contribution in [1.82, 2.24) is 0 Å². The molecule has 3 heteroatoms. The van der Waals surface area contributed by atoms with Crippen molar-refractivity contribution in [2.24, 2.45) is 27.7 Å². The van der Waals surface area contributed by atoms with Crippen molar-refractivity contribution in [2.75, 3.05) is 5.32 Å². The molecule has 0 spiro atoms. The minimum atomic E-state index is 0.326. The van der Waals surface area contributed by atoms with E-state index in [1.165, 1.54) is 72.5 Å². The van der Waals surface area contributed by atoms with Gasteiger partial charge in [-0.2, -0.15) is 0 Å². The molecule has 0 aliphatic heterocycles. The third-order valence-electron chi connectivity index (χ3n) is 8.41. The molecule has 1 N–H and O–H groups in total. The molecule has 34 heavy (non-hydrogen) atoms. The van der Waals surface area contributed by atoms with Gasteiger partial charge in [-0.25, -0.2) is 0 Å². The molecule has 2 saturated carbocycles. The Morgan fingerprint density at radius 1 is 0.765 bits per heavy atom. The molecule has 3 aliphatic carbocycles. The monoisotopic (exact) mass is 461 g/mol. The summed E-state index contributed by atoms with van der Waals surface area (Å²) < 4.78 is 0. The summed E-state index contributed by atoms with van der Waals surface area (Å²) >= 11 is 0. The summed E-state index contributed by atoms with van der Waals surface area (Å²) in [7, 11) is 0. The molecule has 5 atom stereocenters. The highest BCUT2D eigenvalue weighted by molar-refractivity contribution is 6.06. The van der Waals surface area contributed by atoms with Crippen molar-refractivity contribution in [2.45, 2.75) is 117 Å². The van der Waals surface area contributed by atoms with Gasteiger partial charge in [-0.05, 0) is 66.9 Å². The second kappa shape index (κ2) is 10.8. The number of hydrogen-bond donors (Lipinski definition) is 1. The molecule has 186 valence electrons. The molecule has 0 radical (unpaired) electrons. The fraction of sp³-hybridized carbons (Fsp3) is 0.677. The molecule has 0 saturated heterocycles. The van der Waals surface area contributed by atoms with Crippen molar-refractivity contribution in [1.29, 1.82) is 0 Å². The number of anilines is 1. The summed E-state index contributed by atoms with van der Waals surface area (Å²) in [6.07, 6.45) is 11.0. The Balaban J connectivity index is 1.63. The molecule has 2 fully saturated rings. The van der Waals surface area contributed by atoms with E-state index >= 15 is 0 Å². The van der Waals surface area contributed by atoms with Crippen LogP contribution < -0.4 is 5.32 Å². The highest BCUT2D eigenvalue weighted by atomic mass is 15.0. The third-order valence-corrected chi connectivity index (χ3v) is 8.41. The van der Waals surface area contributed by atoms with Crippen molar-refractivity contribution < 1.29 is 0 Å². The lowest BCUT2D eigenvalue weighted by Crippen LogP contribution is -2.31. The lowest BCUT2D eigenvalue weighted by Gasteiger charge is -2.29. The van der Waals surface area contributed by atoms with E-state index in [0.717, 1.165) is 6.42 Å². The van der Waals surface area contributed by atoms with Gasteiger partial charge in [0.05, 0.1) is 23.5 Å². The second-order valence-corrected chi connectivity index (χ2v) is 11.9. The largest absolute Gasteiger partial charge is 0.354 e. The van der Waals surface area contributed by atoms with Gasteiger partial charge in [-0.3, -0.25) is 9.98 Å². The topological polar surface area (TPSA) is 36.8 Å². The normalized spacial score (nSPS) is 31.0. The van der Waals surface area contributed by atoms with E-state index in [0.29, 0.717) is 41.7 Å². The van der Waals surface area contributed by atoms with Gasteiger partial charge in [-0.1, -0.05) is 85.6 Å². The van der Waals surface area contributed by atoms with Crippen molar-refractivity contribution in [3.63, 3.8) is 0 Å². The quantitative estimate of drug-likeness (QED) is 0.453. The Morgan fingerprint density at radius 3 is 1.88 bits per heavy atom. The molecule has 1 aromatic rings. The zero-order chi connectivity index (χ0) is 24.4. The van der Waals surface area contributed by atoms with Crippen LogP contribution in [0.4, 0.5) is 5.69 Å². The molecule has 0 bridgehead atoms. The van der Waals surface area contributed by atoms with E-state index in [1.807, 2.05) is 0 Å². The Labute approximate surface area is 208 Å². The van der Waals surface area contributed by atoms with E-state index in [9.17, 15) is 0 Å². The molecular formula is C31H47N3. The number of nitrogens with zero attached hydrogens (tertiary/aromatic N) is 2. The van der Waals surface area contributed by atoms with E-state index < -0.39 is 0 Å². The van der Waals surface area contributed by atoms with Crippen molar-refractivity contribution >= 4 is 17.1 Å².